The van der Waals surface area contributed by atoms with Crippen molar-refractivity contribution in [3.8, 4) is 0 Å². The first kappa shape index (κ1) is 15.1. The molecule has 0 saturated heterocycles. The highest BCUT2D eigenvalue weighted by atomic mass is 28.4. The molecule has 0 aliphatic heterocycles. The van der Waals surface area contributed by atoms with Crippen molar-refractivity contribution in [1.82, 2.24) is 0 Å². The van der Waals surface area contributed by atoms with Crippen LogP contribution in [0.15, 0.2) is 0 Å². The van der Waals surface area contributed by atoms with Gasteiger partial charge in [0.05, 0.1) is 0 Å². The van der Waals surface area contributed by atoms with E-state index >= 15 is 0 Å². The minimum atomic E-state index is -1.83. The van der Waals surface area contributed by atoms with Gasteiger partial charge >= 0.3 is 0 Å². The molecule has 0 saturated carbocycles. The predicted molar refractivity (Wildman–Crippen MR) is 70.2 cm³/mol. The topological polar surface area (TPSA) is 35.2 Å². The number of hydrogen-bond acceptors (Lipinski definition) is 2. The Balaban J connectivity index is 3.89. The maximum Gasteiger partial charge on any atom is 0.266 e. The number of nitrogens with two attached hydrogens (primary N) is 1. The van der Waals surface area contributed by atoms with Crippen molar-refractivity contribution in [2.45, 2.75) is 71.4 Å². The van der Waals surface area contributed by atoms with E-state index in [1.54, 1.807) is 0 Å². The van der Waals surface area contributed by atoms with Gasteiger partial charge < -0.3 is 9.83 Å². The zero-order chi connectivity index (χ0) is 11.6. The van der Waals surface area contributed by atoms with Crippen LogP contribution < -0.4 is 5.40 Å². The molecule has 0 unspecified atom stereocenters. The van der Waals surface area contributed by atoms with Crippen LogP contribution in [0.3, 0.4) is 0 Å². The summed E-state index contributed by atoms with van der Waals surface area (Å²) in [5.74, 6) is 0. The second-order valence-electron chi connectivity index (χ2n) is 4.47. The van der Waals surface area contributed by atoms with Gasteiger partial charge in [0.2, 0.25) is 0 Å². The van der Waals surface area contributed by atoms with Gasteiger partial charge in [0.15, 0.2) is 0 Å². The van der Waals surface area contributed by atoms with E-state index in [2.05, 4.69) is 20.8 Å². The van der Waals surface area contributed by atoms with Crippen LogP contribution in [-0.2, 0) is 4.43 Å². The fraction of sp³-hybridized carbons (Fsp3) is 1.00. The van der Waals surface area contributed by atoms with E-state index in [4.69, 9.17) is 9.83 Å². The molecule has 3 heteroatoms. The third-order valence-corrected chi connectivity index (χ3v) is 5.97. The molecule has 0 amide bonds. The van der Waals surface area contributed by atoms with E-state index in [0.717, 1.165) is 25.1 Å². The minimum Gasteiger partial charge on any atom is -0.403 e. The summed E-state index contributed by atoms with van der Waals surface area (Å²) in [6.07, 6.45) is 7.29. The quantitative estimate of drug-likeness (QED) is 0.458. The van der Waals surface area contributed by atoms with Crippen molar-refractivity contribution in [2.75, 3.05) is 6.61 Å². The SMILES string of the molecule is CCCCO[Si](N)(CCCC)CCCC. The molecular formula is C12H29NOSi. The van der Waals surface area contributed by atoms with Gasteiger partial charge in [-0.3, -0.25) is 0 Å². The number of hydrogen-bond donors (Lipinski definition) is 1. The molecule has 15 heavy (non-hydrogen) atoms. The van der Waals surface area contributed by atoms with Gasteiger partial charge in [0, 0.05) is 6.61 Å². The van der Waals surface area contributed by atoms with E-state index < -0.39 is 8.48 Å². The number of rotatable bonds is 10. The van der Waals surface area contributed by atoms with Crippen molar-refractivity contribution in [3.05, 3.63) is 0 Å². The molecule has 0 aromatic rings. The second kappa shape index (κ2) is 9.37. The van der Waals surface area contributed by atoms with Gasteiger partial charge in [-0.2, -0.15) is 0 Å². The lowest BCUT2D eigenvalue weighted by Gasteiger charge is -2.26. The van der Waals surface area contributed by atoms with Crippen molar-refractivity contribution < 1.29 is 4.43 Å². The smallest absolute Gasteiger partial charge is 0.266 e. The molecule has 0 aliphatic carbocycles. The molecule has 2 nitrogen and oxygen atoms in total. The highest BCUT2D eigenvalue weighted by Gasteiger charge is 2.28. The van der Waals surface area contributed by atoms with Gasteiger partial charge in [-0.05, 0) is 18.5 Å². The highest BCUT2D eigenvalue weighted by molar-refractivity contribution is 6.70. The first-order chi connectivity index (χ1) is 7.18. The summed E-state index contributed by atoms with van der Waals surface area (Å²) in [6, 6.07) is 2.29. The standard InChI is InChI=1S/C12H29NOSi/c1-4-7-10-14-15(13,11-8-5-2)12-9-6-3/h4-13H2,1-3H3. The molecule has 0 heterocycles. The molecule has 0 aromatic carbocycles. The van der Waals surface area contributed by atoms with Crippen LogP contribution in [0, 0.1) is 0 Å². The molecule has 0 fully saturated rings. The van der Waals surface area contributed by atoms with Crippen LogP contribution in [0.2, 0.25) is 12.1 Å². The molecule has 92 valence electrons. The Morgan fingerprint density at radius 1 is 0.867 bits per heavy atom. The first-order valence-electron chi connectivity index (χ1n) is 6.61. The Bertz CT molecular complexity index is 134. The van der Waals surface area contributed by atoms with Crippen LogP contribution in [0.4, 0.5) is 0 Å². The van der Waals surface area contributed by atoms with Crippen LogP contribution in [0.1, 0.15) is 59.3 Å². The molecule has 2 N–H and O–H groups in total. The van der Waals surface area contributed by atoms with Crippen molar-refractivity contribution >= 4 is 8.48 Å². The van der Waals surface area contributed by atoms with Crippen molar-refractivity contribution in [2.24, 2.45) is 5.40 Å². The zero-order valence-corrected chi connectivity index (χ0v) is 11.8. The molecule has 0 bridgehead atoms. The molecule has 0 atom stereocenters. The fourth-order valence-electron chi connectivity index (χ4n) is 1.64. The van der Waals surface area contributed by atoms with Crippen molar-refractivity contribution in [1.29, 1.82) is 0 Å². The Labute approximate surface area is 96.8 Å². The molecule has 0 aliphatic rings. The lowest BCUT2D eigenvalue weighted by atomic mass is 10.4. The van der Waals surface area contributed by atoms with Gasteiger partial charge in [-0.15, -0.1) is 0 Å². The van der Waals surface area contributed by atoms with E-state index in [-0.39, 0.29) is 0 Å². The van der Waals surface area contributed by atoms with Gasteiger partial charge in [-0.1, -0.05) is 52.9 Å². The average Bonchev–Trinajstić information content (AvgIpc) is 2.24. The summed E-state index contributed by atoms with van der Waals surface area (Å²) < 4.78 is 5.99. The summed E-state index contributed by atoms with van der Waals surface area (Å²) >= 11 is 0. The number of unbranched alkanes of at least 4 members (excludes halogenated alkanes) is 3. The summed E-state index contributed by atoms with van der Waals surface area (Å²) in [4.78, 5) is 0. The normalized spacial score (nSPS) is 12.0. The van der Waals surface area contributed by atoms with Crippen LogP contribution >= 0.6 is 0 Å². The van der Waals surface area contributed by atoms with E-state index in [9.17, 15) is 0 Å². The first-order valence-corrected chi connectivity index (χ1v) is 9.01. The summed E-state index contributed by atoms with van der Waals surface area (Å²) in [5.41, 5.74) is 0. The third kappa shape index (κ3) is 8.00. The molecule has 0 rings (SSSR count). The maximum absolute atomic E-state index is 6.43. The third-order valence-electron chi connectivity index (χ3n) is 2.79. The van der Waals surface area contributed by atoms with E-state index in [1.807, 2.05) is 0 Å². The summed E-state index contributed by atoms with van der Waals surface area (Å²) in [7, 11) is -1.83. The monoisotopic (exact) mass is 231 g/mol. The molecule has 0 spiro atoms. The van der Waals surface area contributed by atoms with Gasteiger partial charge in [0.25, 0.3) is 8.48 Å². The Hall–Kier alpha value is 0.137. The molecule has 0 radical (unpaired) electrons. The second-order valence-corrected chi connectivity index (χ2v) is 7.89. The molecule has 0 aromatic heterocycles. The maximum atomic E-state index is 6.43. The Morgan fingerprint density at radius 3 is 1.73 bits per heavy atom. The highest BCUT2D eigenvalue weighted by Crippen LogP contribution is 2.18. The molecular weight excluding hydrogens is 202 g/mol. The minimum absolute atomic E-state index is 0.882. The predicted octanol–water partition coefficient (Wildman–Crippen LogP) is 3.80. The zero-order valence-electron chi connectivity index (χ0n) is 10.8. The van der Waals surface area contributed by atoms with Crippen molar-refractivity contribution in [3.63, 3.8) is 0 Å². The lowest BCUT2D eigenvalue weighted by molar-refractivity contribution is 0.288. The Kier molecular flexibility index (Phi) is 9.45. The summed E-state index contributed by atoms with van der Waals surface area (Å²) in [5, 5.41) is 6.43. The van der Waals surface area contributed by atoms with Gasteiger partial charge in [-0.25, -0.2) is 0 Å². The van der Waals surface area contributed by atoms with E-state index in [0.29, 0.717) is 0 Å². The largest absolute Gasteiger partial charge is 0.403 e. The summed E-state index contributed by atoms with van der Waals surface area (Å²) in [6.45, 7) is 7.52. The van der Waals surface area contributed by atoms with Crippen LogP contribution in [0.5, 0.6) is 0 Å². The Morgan fingerprint density at radius 2 is 1.33 bits per heavy atom. The van der Waals surface area contributed by atoms with E-state index in [1.165, 1.54) is 32.1 Å². The van der Waals surface area contributed by atoms with Crippen LogP contribution in [0.25, 0.3) is 0 Å². The fourth-order valence-corrected chi connectivity index (χ4v) is 4.63. The average molecular weight is 231 g/mol. The van der Waals surface area contributed by atoms with Gasteiger partial charge in [0.1, 0.15) is 0 Å². The van der Waals surface area contributed by atoms with Crippen LogP contribution in [-0.4, -0.2) is 15.1 Å². The lowest BCUT2D eigenvalue weighted by Crippen LogP contribution is -2.49.